The number of rotatable bonds is 8. The molecule has 0 aliphatic heterocycles. The van der Waals surface area contributed by atoms with Crippen molar-refractivity contribution in [1.29, 1.82) is 5.26 Å². The maximum Gasteiger partial charge on any atom is 0.166 e. The van der Waals surface area contributed by atoms with Crippen molar-refractivity contribution in [2.45, 2.75) is 13.3 Å². The summed E-state index contributed by atoms with van der Waals surface area (Å²) >= 11 is 0. The first kappa shape index (κ1) is 19.8. The average molecular weight is 361 g/mol. The highest BCUT2D eigenvalue weighted by Gasteiger charge is 2.14. The minimum absolute atomic E-state index is 0.109. The normalized spacial score (nSPS) is 10.6. The number of nitrogens with zero attached hydrogens (tertiary/aromatic N) is 1. The molecule has 0 bridgehead atoms. The summed E-state index contributed by atoms with van der Waals surface area (Å²) in [4.78, 5) is 0. The van der Waals surface area contributed by atoms with Crippen LogP contribution in [-0.2, 0) is 6.42 Å². The van der Waals surface area contributed by atoms with Gasteiger partial charge < -0.3 is 9.47 Å². The lowest BCUT2D eigenvalue weighted by molar-refractivity contribution is 0.297. The zero-order chi connectivity index (χ0) is 19.6. The molecule has 2 aromatic carbocycles. The number of hydrogen-bond donors (Lipinski definition) is 0. The Kier molecular flexibility index (Phi) is 7.23. The SMILES string of the molecule is C#CCOc1c(CC=C)cc(/C=C(/C#N)c2ccccc2F)cc1OCC. The zero-order valence-corrected chi connectivity index (χ0v) is 15.2. The van der Waals surface area contributed by atoms with Crippen LogP contribution in [0, 0.1) is 29.5 Å². The fraction of sp³-hybridized carbons (Fsp3) is 0.174. The van der Waals surface area contributed by atoms with E-state index in [0.29, 0.717) is 30.1 Å². The number of halogens is 1. The quantitative estimate of drug-likeness (QED) is 0.287. The van der Waals surface area contributed by atoms with Crippen LogP contribution in [0.3, 0.4) is 0 Å². The topological polar surface area (TPSA) is 42.2 Å². The third-order valence-corrected chi connectivity index (χ3v) is 3.71. The monoisotopic (exact) mass is 361 g/mol. The van der Waals surface area contributed by atoms with Crippen molar-refractivity contribution in [1.82, 2.24) is 0 Å². The van der Waals surface area contributed by atoms with Crippen LogP contribution in [0.5, 0.6) is 11.5 Å². The van der Waals surface area contributed by atoms with E-state index in [-0.39, 0.29) is 17.7 Å². The summed E-state index contributed by atoms with van der Waals surface area (Å²) in [6.07, 6.45) is 9.19. The smallest absolute Gasteiger partial charge is 0.166 e. The van der Waals surface area contributed by atoms with Crippen LogP contribution in [0.25, 0.3) is 11.6 Å². The van der Waals surface area contributed by atoms with Crippen LogP contribution >= 0.6 is 0 Å². The van der Waals surface area contributed by atoms with Crippen LogP contribution in [0.15, 0.2) is 49.1 Å². The van der Waals surface area contributed by atoms with Gasteiger partial charge in [-0.1, -0.05) is 30.2 Å². The second-order valence-electron chi connectivity index (χ2n) is 5.58. The Labute approximate surface area is 159 Å². The second-order valence-corrected chi connectivity index (χ2v) is 5.58. The Morgan fingerprint density at radius 3 is 2.70 bits per heavy atom. The van der Waals surface area contributed by atoms with E-state index in [0.717, 1.165) is 5.56 Å². The average Bonchev–Trinajstić information content (AvgIpc) is 2.66. The molecule has 0 amide bonds. The van der Waals surface area contributed by atoms with Gasteiger partial charge in [-0.05, 0) is 43.2 Å². The lowest BCUT2D eigenvalue weighted by atomic mass is 10.0. The van der Waals surface area contributed by atoms with Gasteiger partial charge in [0.2, 0.25) is 0 Å². The first-order chi connectivity index (χ1) is 13.1. The Bertz CT molecular complexity index is 932. The Morgan fingerprint density at radius 1 is 1.30 bits per heavy atom. The number of allylic oxidation sites excluding steroid dienone is 2. The molecule has 0 N–H and O–H groups in total. The maximum atomic E-state index is 14.1. The maximum absolute atomic E-state index is 14.1. The molecule has 0 atom stereocenters. The lowest BCUT2D eigenvalue weighted by Gasteiger charge is -2.15. The molecule has 4 heteroatoms. The Morgan fingerprint density at radius 2 is 2.07 bits per heavy atom. The van der Waals surface area contributed by atoms with Crippen LogP contribution in [0.2, 0.25) is 0 Å². The molecule has 0 unspecified atom stereocenters. The molecule has 2 aromatic rings. The molecule has 0 saturated heterocycles. The van der Waals surface area contributed by atoms with Crippen molar-refractivity contribution in [3.63, 3.8) is 0 Å². The molecule has 136 valence electrons. The van der Waals surface area contributed by atoms with Crippen LogP contribution in [-0.4, -0.2) is 13.2 Å². The number of hydrogen-bond acceptors (Lipinski definition) is 3. The van der Waals surface area contributed by atoms with E-state index in [2.05, 4.69) is 18.6 Å². The first-order valence-corrected chi connectivity index (χ1v) is 8.48. The van der Waals surface area contributed by atoms with E-state index >= 15 is 0 Å². The van der Waals surface area contributed by atoms with Gasteiger partial charge in [-0.2, -0.15) is 5.26 Å². The van der Waals surface area contributed by atoms with Gasteiger partial charge in [0.05, 0.1) is 18.2 Å². The summed E-state index contributed by atoms with van der Waals surface area (Å²) in [6, 6.07) is 11.8. The van der Waals surface area contributed by atoms with E-state index in [9.17, 15) is 9.65 Å². The predicted molar refractivity (Wildman–Crippen MR) is 106 cm³/mol. The number of nitriles is 1. The molecule has 27 heavy (non-hydrogen) atoms. The van der Waals surface area contributed by atoms with Gasteiger partial charge in [0.25, 0.3) is 0 Å². The minimum atomic E-state index is -0.448. The summed E-state index contributed by atoms with van der Waals surface area (Å²) in [5, 5.41) is 9.50. The summed E-state index contributed by atoms with van der Waals surface area (Å²) in [6.45, 7) is 6.17. The van der Waals surface area contributed by atoms with Gasteiger partial charge >= 0.3 is 0 Å². The fourth-order valence-corrected chi connectivity index (χ4v) is 2.63. The number of terminal acetylenes is 1. The lowest BCUT2D eigenvalue weighted by Crippen LogP contribution is -2.03. The first-order valence-electron chi connectivity index (χ1n) is 8.48. The molecule has 0 spiro atoms. The van der Waals surface area contributed by atoms with E-state index in [4.69, 9.17) is 15.9 Å². The van der Waals surface area contributed by atoms with E-state index in [1.807, 2.05) is 13.0 Å². The molecule has 0 aromatic heterocycles. The Hall–Kier alpha value is -3.50. The van der Waals surface area contributed by atoms with Crippen LogP contribution in [0.1, 0.15) is 23.6 Å². The highest BCUT2D eigenvalue weighted by atomic mass is 19.1. The van der Waals surface area contributed by atoms with Gasteiger partial charge in [0, 0.05) is 11.1 Å². The molecular weight excluding hydrogens is 341 g/mol. The molecule has 0 saturated carbocycles. The van der Waals surface area contributed by atoms with Gasteiger partial charge in [-0.3, -0.25) is 0 Å². The van der Waals surface area contributed by atoms with Gasteiger partial charge in [0.1, 0.15) is 12.4 Å². The van der Waals surface area contributed by atoms with E-state index in [1.54, 1.807) is 36.4 Å². The number of ether oxygens (including phenoxy) is 2. The van der Waals surface area contributed by atoms with Gasteiger partial charge in [0.15, 0.2) is 11.5 Å². The molecule has 3 nitrogen and oxygen atoms in total. The molecule has 0 fully saturated rings. The van der Waals surface area contributed by atoms with Crippen molar-refractivity contribution in [3.05, 3.63) is 71.6 Å². The summed E-state index contributed by atoms with van der Waals surface area (Å²) in [7, 11) is 0. The van der Waals surface area contributed by atoms with Crippen molar-refractivity contribution in [2.24, 2.45) is 0 Å². The van der Waals surface area contributed by atoms with Crippen molar-refractivity contribution >= 4 is 11.6 Å². The van der Waals surface area contributed by atoms with E-state index in [1.165, 1.54) is 6.07 Å². The molecular formula is C23H20FNO2. The largest absolute Gasteiger partial charge is 0.490 e. The summed E-state index contributed by atoms with van der Waals surface area (Å²) in [5.74, 6) is 3.06. The van der Waals surface area contributed by atoms with Crippen molar-refractivity contribution in [3.8, 4) is 29.9 Å². The molecule has 0 radical (unpaired) electrons. The van der Waals surface area contributed by atoms with Gasteiger partial charge in [-0.25, -0.2) is 4.39 Å². The van der Waals surface area contributed by atoms with Crippen molar-refractivity contribution < 1.29 is 13.9 Å². The standard InChI is InChI=1S/C23H20FNO2/c1-4-9-18-13-17(15-22(26-6-3)23(18)27-12-5-2)14-19(16-25)20-10-7-8-11-21(20)24/h2,4,7-8,10-11,13-15H,1,6,9,12H2,3H3/b19-14-. The zero-order valence-electron chi connectivity index (χ0n) is 15.2. The van der Waals surface area contributed by atoms with Crippen LogP contribution < -0.4 is 9.47 Å². The van der Waals surface area contributed by atoms with E-state index < -0.39 is 5.82 Å². The molecule has 0 aliphatic rings. The predicted octanol–water partition coefficient (Wildman–Crippen LogP) is 5.03. The third kappa shape index (κ3) is 5.00. The summed E-state index contributed by atoms with van der Waals surface area (Å²) < 4.78 is 25.4. The summed E-state index contributed by atoms with van der Waals surface area (Å²) in [5.41, 5.74) is 1.99. The Balaban J connectivity index is 2.59. The van der Waals surface area contributed by atoms with Crippen molar-refractivity contribution in [2.75, 3.05) is 13.2 Å². The van der Waals surface area contributed by atoms with Gasteiger partial charge in [-0.15, -0.1) is 13.0 Å². The molecule has 0 heterocycles. The second kappa shape index (κ2) is 9.85. The van der Waals surface area contributed by atoms with Crippen LogP contribution in [0.4, 0.5) is 4.39 Å². The highest BCUT2D eigenvalue weighted by molar-refractivity contribution is 5.90. The highest BCUT2D eigenvalue weighted by Crippen LogP contribution is 2.35. The minimum Gasteiger partial charge on any atom is -0.490 e. The third-order valence-electron chi connectivity index (χ3n) is 3.71. The number of benzene rings is 2. The molecule has 0 aliphatic carbocycles. The molecule has 2 rings (SSSR count). The fourth-order valence-electron chi connectivity index (χ4n) is 2.63.